The number of pyridine rings is 1. The fourth-order valence-electron chi connectivity index (χ4n) is 4.55. The number of benzene rings is 2. The number of nitrogens with zero attached hydrogens (tertiary/aromatic N) is 1. The van der Waals surface area contributed by atoms with E-state index in [0.717, 1.165) is 28.5 Å². The summed E-state index contributed by atoms with van der Waals surface area (Å²) in [6, 6.07) is 13.3. The second-order valence-electron chi connectivity index (χ2n) is 8.69. The lowest BCUT2D eigenvalue weighted by Gasteiger charge is -2.33. The number of nitrogens with one attached hydrogen (secondary N) is 1. The van der Waals surface area contributed by atoms with E-state index in [1.54, 1.807) is 37.1 Å². The number of esters is 1. The lowest BCUT2D eigenvalue weighted by molar-refractivity contribution is -0.152. The van der Waals surface area contributed by atoms with Gasteiger partial charge < -0.3 is 19.4 Å². The molecule has 1 aliphatic rings. The van der Waals surface area contributed by atoms with Gasteiger partial charge in [-0.1, -0.05) is 24.3 Å². The van der Waals surface area contributed by atoms with Gasteiger partial charge in [0.2, 0.25) is 0 Å². The molecule has 178 valence electrons. The van der Waals surface area contributed by atoms with E-state index in [0.29, 0.717) is 37.3 Å². The zero-order valence-corrected chi connectivity index (χ0v) is 19.8. The topological polar surface area (TPSA) is 88.7 Å². The number of carbonyl (C=O) groups is 2. The van der Waals surface area contributed by atoms with Gasteiger partial charge in [-0.15, -0.1) is 0 Å². The van der Waals surface area contributed by atoms with Gasteiger partial charge in [0.25, 0.3) is 11.5 Å². The Kier molecular flexibility index (Phi) is 7.01. The molecule has 7 heteroatoms. The number of hydrogen-bond donors (Lipinski definition) is 1. The van der Waals surface area contributed by atoms with E-state index < -0.39 is 6.10 Å². The largest absolute Gasteiger partial charge is 0.481 e. The van der Waals surface area contributed by atoms with Gasteiger partial charge in [0.1, 0.15) is 5.75 Å². The highest BCUT2D eigenvalue weighted by Gasteiger charge is 2.32. The molecule has 2 atom stereocenters. The Bertz CT molecular complexity index is 1270. The molecule has 1 aromatic heterocycles. The van der Waals surface area contributed by atoms with Crippen molar-refractivity contribution in [2.45, 2.75) is 39.7 Å². The molecule has 4 rings (SSSR count). The molecule has 0 spiro atoms. The van der Waals surface area contributed by atoms with Crippen molar-refractivity contribution in [3.8, 4) is 16.9 Å². The third kappa shape index (κ3) is 4.83. The maximum Gasteiger partial charge on any atom is 0.310 e. The van der Waals surface area contributed by atoms with Crippen LogP contribution in [-0.2, 0) is 14.3 Å². The first kappa shape index (κ1) is 23.5. The molecule has 1 aliphatic heterocycles. The van der Waals surface area contributed by atoms with Crippen molar-refractivity contribution in [3.05, 3.63) is 64.6 Å². The molecular weight excluding hydrogens is 432 g/mol. The number of fused-ring (bicyclic) bond motifs is 1. The molecule has 34 heavy (non-hydrogen) atoms. The van der Waals surface area contributed by atoms with Crippen LogP contribution >= 0.6 is 0 Å². The van der Waals surface area contributed by atoms with E-state index in [1.165, 1.54) is 0 Å². The summed E-state index contributed by atoms with van der Waals surface area (Å²) in [6.45, 7) is 6.74. The van der Waals surface area contributed by atoms with Crippen molar-refractivity contribution in [3.63, 3.8) is 0 Å². The Morgan fingerprint density at radius 2 is 1.94 bits per heavy atom. The summed E-state index contributed by atoms with van der Waals surface area (Å²) in [5.74, 6) is -0.299. The number of aromatic nitrogens is 1. The van der Waals surface area contributed by atoms with E-state index >= 15 is 0 Å². The highest BCUT2D eigenvalue weighted by molar-refractivity contribution is 5.97. The van der Waals surface area contributed by atoms with Gasteiger partial charge in [0, 0.05) is 24.8 Å². The van der Waals surface area contributed by atoms with Gasteiger partial charge in [0.15, 0.2) is 6.10 Å². The van der Waals surface area contributed by atoms with Gasteiger partial charge in [-0.05, 0) is 68.3 Å². The van der Waals surface area contributed by atoms with Gasteiger partial charge in [-0.25, -0.2) is 0 Å². The number of rotatable bonds is 6. The first-order valence-electron chi connectivity index (χ1n) is 11.7. The van der Waals surface area contributed by atoms with Gasteiger partial charge in [-0.3, -0.25) is 14.4 Å². The quantitative estimate of drug-likeness (QED) is 0.558. The van der Waals surface area contributed by atoms with Crippen LogP contribution in [0.3, 0.4) is 0 Å². The monoisotopic (exact) mass is 462 g/mol. The van der Waals surface area contributed by atoms with E-state index in [2.05, 4.69) is 4.98 Å². The molecule has 3 aromatic rings. The summed E-state index contributed by atoms with van der Waals surface area (Å²) < 4.78 is 11.1. The zero-order valence-electron chi connectivity index (χ0n) is 19.8. The molecule has 2 heterocycles. The number of aryl methyl sites for hydroxylation is 1. The lowest BCUT2D eigenvalue weighted by atomic mass is 9.97. The number of ether oxygens (including phenoxy) is 2. The Morgan fingerprint density at radius 3 is 2.71 bits per heavy atom. The second kappa shape index (κ2) is 10.1. The van der Waals surface area contributed by atoms with Crippen LogP contribution in [0.25, 0.3) is 21.9 Å². The van der Waals surface area contributed by atoms with Crippen LogP contribution in [0.2, 0.25) is 0 Å². The highest BCUT2D eigenvalue weighted by atomic mass is 16.5. The van der Waals surface area contributed by atoms with Crippen LogP contribution < -0.4 is 10.3 Å². The molecule has 0 radical (unpaired) electrons. The Hall–Kier alpha value is -3.61. The van der Waals surface area contributed by atoms with Crippen LogP contribution in [0.15, 0.2) is 53.5 Å². The average Bonchev–Trinajstić information content (AvgIpc) is 2.85. The summed E-state index contributed by atoms with van der Waals surface area (Å²) in [5, 5.41) is 1.32. The van der Waals surface area contributed by atoms with E-state index in [-0.39, 0.29) is 23.4 Å². The molecule has 1 amide bonds. The molecule has 1 saturated heterocycles. The first-order chi connectivity index (χ1) is 16.4. The predicted octanol–water partition coefficient (Wildman–Crippen LogP) is 4.07. The molecule has 0 saturated carbocycles. The molecule has 1 fully saturated rings. The lowest BCUT2D eigenvalue weighted by Crippen LogP contribution is -2.47. The van der Waals surface area contributed by atoms with Crippen molar-refractivity contribution in [1.29, 1.82) is 0 Å². The third-order valence-electron chi connectivity index (χ3n) is 6.32. The van der Waals surface area contributed by atoms with Crippen molar-refractivity contribution < 1.29 is 19.1 Å². The number of carbonyl (C=O) groups excluding carboxylic acids is 2. The van der Waals surface area contributed by atoms with Crippen molar-refractivity contribution in [2.75, 3.05) is 19.7 Å². The molecule has 0 unspecified atom stereocenters. The van der Waals surface area contributed by atoms with E-state index in [9.17, 15) is 14.4 Å². The van der Waals surface area contributed by atoms with Crippen molar-refractivity contribution in [1.82, 2.24) is 9.88 Å². The minimum atomic E-state index is -0.753. The fourth-order valence-corrected chi connectivity index (χ4v) is 4.55. The number of amides is 1. The SMILES string of the molecule is CCOC(=O)[C@H]1CCCN(C(=O)[C@@H](C)Oc2ccc3c(-c4ccccc4C)c[nH]c(=O)c3c2)C1. The standard InChI is InChI=1S/C27H30N2O5/c1-4-33-27(32)19-9-7-13-29(16-19)26(31)18(3)34-20-11-12-22-23(14-20)25(30)28-15-24(22)21-10-6-5-8-17(21)2/h5-6,8,10-12,14-15,18-19H,4,7,9,13,16H2,1-3H3,(H,28,30)/t18-,19+/m1/s1. The maximum atomic E-state index is 13.0. The van der Waals surface area contributed by atoms with Gasteiger partial charge >= 0.3 is 5.97 Å². The number of H-pyrrole nitrogens is 1. The van der Waals surface area contributed by atoms with Crippen LogP contribution in [0.4, 0.5) is 0 Å². The smallest absolute Gasteiger partial charge is 0.310 e. The van der Waals surface area contributed by atoms with Gasteiger partial charge in [-0.2, -0.15) is 0 Å². The summed E-state index contributed by atoms with van der Waals surface area (Å²) in [7, 11) is 0. The third-order valence-corrected chi connectivity index (χ3v) is 6.32. The van der Waals surface area contributed by atoms with Crippen LogP contribution in [-0.4, -0.2) is 47.6 Å². The minimum absolute atomic E-state index is 0.184. The molecule has 0 bridgehead atoms. The number of aromatic amines is 1. The summed E-state index contributed by atoms with van der Waals surface area (Å²) in [5.41, 5.74) is 2.87. The minimum Gasteiger partial charge on any atom is -0.481 e. The molecule has 1 N–H and O–H groups in total. The molecule has 2 aromatic carbocycles. The first-order valence-corrected chi connectivity index (χ1v) is 11.7. The predicted molar refractivity (Wildman–Crippen MR) is 131 cm³/mol. The summed E-state index contributed by atoms with van der Waals surface area (Å²) in [4.78, 5) is 42.2. The van der Waals surface area contributed by atoms with Crippen molar-refractivity contribution in [2.24, 2.45) is 5.92 Å². The van der Waals surface area contributed by atoms with Crippen molar-refractivity contribution >= 4 is 22.6 Å². The normalized spacial score (nSPS) is 16.8. The maximum absolute atomic E-state index is 13.0. The van der Waals surface area contributed by atoms with Gasteiger partial charge in [0.05, 0.1) is 17.9 Å². The van der Waals surface area contributed by atoms with Crippen LogP contribution in [0.1, 0.15) is 32.3 Å². The zero-order chi connectivity index (χ0) is 24.2. The van der Waals surface area contributed by atoms with Crippen LogP contribution in [0, 0.1) is 12.8 Å². The summed E-state index contributed by atoms with van der Waals surface area (Å²) in [6.07, 6.45) is 2.44. The van der Waals surface area contributed by atoms with E-state index in [4.69, 9.17) is 9.47 Å². The Labute approximate surface area is 198 Å². The average molecular weight is 463 g/mol. The summed E-state index contributed by atoms with van der Waals surface area (Å²) >= 11 is 0. The number of piperidine rings is 1. The Morgan fingerprint density at radius 1 is 1.15 bits per heavy atom. The molecular formula is C27H30N2O5. The fraction of sp³-hybridized carbons (Fsp3) is 0.370. The molecule has 0 aliphatic carbocycles. The Balaban J connectivity index is 1.54. The molecule has 7 nitrogen and oxygen atoms in total. The highest BCUT2D eigenvalue weighted by Crippen LogP contribution is 2.31. The number of likely N-dealkylation sites (tertiary alicyclic amines) is 1. The van der Waals surface area contributed by atoms with E-state index in [1.807, 2.05) is 37.3 Å². The number of hydrogen-bond acceptors (Lipinski definition) is 5. The van der Waals surface area contributed by atoms with Crippen LogP contribution in [0.5, 0.6) is 5.75 Å². The second-order valence-corrected chi connectivity index (χ2v) is 8.69.